The Morgan fingerprint density at radius 3 is 2.70 bits per heavy atom. The van der Waals surface area contributed by atoms with Crippen LogP contribution < -0.4 is 4.74 Å². The van der Waals surface area contributed by atoms with Gasteiger partial charge in [-0.25, -0.2) is 4.39 Å². The molecule has 4 aromatic rings. The number of aliphatic carboxylic acids is 1. The topological polar surface area (TPSA) is 64.4 Å². The van der Waals surface area contributed by atoms with E-state index in [2.05, 4.69) is 11.2 Å². The van der Waals surface area contributed by atoms with Crippen molar-refractivity contribution in [2.45, 2.75) is 31.3 Å². The number of hydrogen-bond donors (Lipinski definition) is 1. The molecular formula is C27H23FN2O3. The summed E-state index contributed by atoms with van der Waals surface area (Å²) in [5.41, 5.74) is 5.74. The maximum atomic E-state index is 15.0. The summed E-state index contributed by atoms with van der Waals surface area (Å²) in [6.45, 7) is 0. The van der Waals surface area contributed by atoms with Crippen molar-refractivity contribution in [1.29, 1.82) is 0 Å². The number of fused-ring (bicyclic) bond motifs is 2. The van der Waals surface area contributed by atoms with Gasteiger partial charge in [0, 0.05) is 23.6 Å². The number of carbonyl (C=O) groups is 1. The van der Waals surface area contributed by atoms with E-state index in [9.17, 15) is 4.79 Å². The van der Waals surface area contributed by atoms with E-state index in [0.717, 1.165) is 39.6 Å². The van der Waals surface area contributed by atoms with Crippen LogP contribution in [0.5, 0.6) is 5.75 Å². The molecule has 0 spiro atoms. The summed E-state index contributed by atoms with van der Waals surface area (Å²) >= 11 is 0. The highest BCUT2D eigenvalue weighted by atomic mass is 19.1. The molecule has 0 bridgehead atoms. The van der Waals surface area contributed by atoms with Crippen LogP contribution in [0, 0.1) is 11.7 Å². The molecule has 1 aromatic heterocycles. The Labute approximate surface area is 190 Å². The third-order valence-corrected chi connectivity index (χ3v) is 7.03. The first-order chi connectivity index (χ1) is 16.0. The van der Waals surface area contributed by atoms with Crippen molar-refractivity contribution in [3.8, 4) is 16.9 Å². The number of aryl methyl sites for hydroxylation is 1. The van der Waals surface area contributed by atoms with Gasteiger partial charge in [0.05, 0.1) is 17.6 Å². The largest absolute Gasteiger partial charge is 0.486 e. The third-order valence-electron chi connectivity index (χ3n) is 7.03. The molecule has 0 aliphatic heterocycles. The smallest absolute Gasteiger partial charge is 0.307 e. The van der Waals surface area contributed by atoms with Gasteiger partial charge in [-0.3, -0.25) is 9.48 Å². The van der Waals surface area contributed by atoms with Gasteiger partial charge in [-0.15, -0.1) is 0 Å². The van der Waals surface area contributed by atoms with Crippen LogP contribution in [0.15, 0.2) is 60.8 Å². The molecule has 3 unspecified atom stereocenters. The first-order valence-corrected chi connectivity index (χ1v) is 11.2. The summed E-state index contributed by atoms with van der Waals surface area (Å²) < 4.78 is 23.1. The van der Waals surface area contributed by atoms with E-state index in [1.165, 1.54) is 6.07 Å². The first-order valence-electron chi connectivity index (χ1n) is 11.2. The van der Waals surface area contributed by atoms with Gasteiger partial charge in [-0.1, -0.05) is 36.4 Å². The van der Waals surface area contributed by atoms with E-state index >= 15 is 4.39 Å². The molecule has 1 fully saturated rings. The van der Waals surface area contributed by atoms with Gasteiger partial charge < -0.3 is 9.84 Å². The Balaban J connectivity index is 1.31. The summed E-state index contributed by atoms with van der Waals surface area (Å²) in [5.74, 6) is -0.515. The molecule has 2 aliphatic carbocycles. The number of carboxylic acid groups (broad SMARTS) is 1. The molecule has 0 radical (unpaired) electrons. The monoisotopic (exact) mass is 442 g/mol. The Kier molecular flexibility index (Phi) is 4.50. The lowest BCUT2D eigenvalue weighted by atomic mass is 9.95. The normalized spacial score (nSPS) is 21.2. The van der Waals surface area contributed by atoms with Crippen LogP contribution in [0.1, 0.15) is 41.6 Å². The molecule has 1 heterocycles. The van der Waals surface area contributed by atoms with Crippen molar-refractivity contribution in [3.63, 3.8) is 0 Å². The molecule has 6 rings (SSSR count). The molecule has 6 heteroatoms. The van der Waals surface area contributed by atoms with Crippen LogP contribution in [0.3, 0.4) is 0 Å². The fraction of sp³-hybridized carbons (Fsp3) is 0.259. The molecular weight excluding hydrogens is 419 g/mol. The minimum absolute atomic E-state index is 0.0819. The van der Waals surface area contributed by atoms with Crippen molar-refractivity contribution in [1.82, 2.24) is 9.78 Å². The van der Waals surface area contributed by atoms with Gasteiger partial charge in [-0.2, -0.15) is 5.10 Å². The van der Waals surface area contributed by atoms with E-state index in [0.29, 0.717) is 24.2 Å². The lowest BCUT2D eigenvalue weighted by molar-refractivity contribution is -0.138. The number of ether oxygens (including phenoxy) is 1. The second kappa shape index (κ2) is 7.44. The van der Waals surface area contributed by atoms with Crippen molar-refractivity contribution in [2.24, 2.45) is 13.0 Å². The fourth-order valence-corrected chi connectivity index (χ4v) is 5.29. The standard InChI is InChI=1S/C27H23FN2O3/c1-30-26-16(14-29-30)3-2-4-20(26)18-9-11-23(28)25-19(18)10-12-24(25)33-17-7-5-15(6-8-17)21-13-22(21)27(31)32/h2-9,11,14,21-22,24H,10,12-13H2,1H3,(H,31,32). The predicted octanol–water partition coefficient (Wildman–Crippen LogP) is 5.63. The fourth-order valence-electron chi connectivity index (χ4n) is 5.29. The van der Waals surface area contributed by atoms with E-state index in [4.69, 9.17) is 9.84 Å². The van der Waals surface area contributed by atoms with Crippen LogP contribution in [-0.4, -0.2) is 20.9 Å². The highest BCUT2D eigenvalue weighted by Crippen LogP contribution is 2.48. The summed E-state index contributed by atoms with van der Waals surface area (Å²) in [5, 5.41) is 14.6. The number of benzene rings is 3. The number of aromatic nitrogens is 2. The SMILES string of the molecule is Cn1ncc2cccc(-c3ccc(F)c4c3CCC4Oc3ccc(C4CC4C(=O)O)cc3)c21. The van der Waals surface area contributed by atoms with Gasteiger partial charge in [0.25, 0.3) is 0 Å². The molecule has 0 saturated heterocycles. The zero-order valence-corrected chi connectivity index (χ0v) is 18.2. The van der Waals surface area contributed by atoms with Crippen LogP contribution in [-0.2, 0) is 18.3 Å². The molecule has 3 atom stereocenters. The maximum Gasteiger partial charge on any atom is 0.307 e. The Bertz CT molecular complexity index is 1390. The van der Waals surface area contributed by atoms with Crippen LogP contribution >= 0.6 is 0 Å². The van der Waals surface area contributed by atoms with E-state index in [-0.39, 0.29) is 23.8 Å². The van der Waals surface area contributed by atoms with Crippen molar-refractivity contribution < 1.29 is 19.0 Å². The summed E-state index contributed by atoms with van der Waals surface area (Å²) in [7, 11) is 1.92. The lowest BCUT2D eigenvalue weighted by Gasteiger charge is -2.17. The van der Waals surface area contributed by atoms with E-state index in [1.807, 2.05) is 60.4 Å². The van der Waals surface area contributed by atoms with Crippen molar-refractivity contribution in [3.05, 3.63) is 83.3 Å². The van der Waals surface area contributed by atoms with Gasteiger partial charge in [0.2, 0.25) is 0 Å². The van der Waals surface area contributed by atoms with Gasteiger partial charge in [0.1, 0.15) is 17.7 Å². The minimum Gasteiger partial charge on any atom is -0.486 e. The number of hydrogen-bond acceptors (Lipinski definition) is 3. The molecule has 166 valence electrons. The lowest BCUT2D eigenvalue weighted by Crippen LogP contribution is -2.06. The first kappa shape index (κ1) is 20.0. The number of nitrogens with zero attached hydrogens (tertiary/aromatic N) is 2. The Morgan fingerprint density at radius 1 is 1.12 bits per heavy atom. The van der Waals surface area contributed by atoms with Crippen molar-refractivity contribution >= 4 is 16.9 Å². The zero-order valence-electron chi connectivity index (χ0n) is 18.2. The second-order valence-corrected chi connectivity index (χ2v) is 9.00. The summed E-state index contributed by atoms with van der Waals surface area (Å²) in [6, 6.07) is 17.1. The molecule has 2 aliphatic rings. The number of halogens is 1. The molecule has 1 saturated carbocycles. The maximum absolute atomic E-state index is 15.0. The summed E-state index contributed by atoms with van der Waals surface area (Å²) in [4.78, 5) is 11.1. The van der Waals surface area contributed by atoms with Crippen LogP contribution in [0.2, 0.25) is 0 Å². The summed E-state index contributed by atoms with van der Waals surface area (Å²) in [6.07, 6.45) is 3.61. The number of para-hydroxylation sites is 1. The number of carboxylic acids is 1. The zero-order chi connectivity index (χ0) is 22.7. The van der Waals surface area contributed by atoms with Crippen molar-refractivity contribution in [2.75, 3.05) is 0 Å². The minimum atomic E-state index is -0.740. The van der Waals surface area contributed by atoms with Gasteiger partial charge in [0.15, 0.2) is 0 Å². The average molecular weight is 442 g/mol. The highest BCUT2D eigenvalue weighted by molar-refractivity contribution is 5.95. The predicted molar refractivity (Wildman–Crippen MR) is 123 cm³/mol. The third kappa shape index (κ3) is 3.28. The van der Waals surface area contributed by atoms with Crippen LogP contribution in [0.4, 0.5) is 4.39 Å². The molecule has 3 aromatic carbocycles. The molecule has 0 amide bonds. The molecule has 1 N–H and O–H groups in total. The Hall–Kier alpha value is -3.67. The highest BCUT2D eigenvalue weighted by Gasteiger charge is 2.44. The average Bonchev–Trinajstić information content (AvgIpc) is 3.38. The Morgan fingerprint density at radius 2 is 1.94 bits per heavy atom. The van der Waals surface area contributed by atoms with E-state index < -0.39 is 5.97 Å². The molecule has 5 nitrogen and oxygen atoms in total. The van der Waals surface area contributed by atoms with E-state index in [1.54, 1.807) is 0 Å². The van der Waals surface area contributed by atoms with Gasteiger partial charge in [-0.05, 0) is 60.1 Å². The molecule has 33 heavy (non-hydrogen) atoms. The number of rotatable bonds is 5. The van der Waals surface area contributed by atoms with Crippen LogP contribution in [0.25, 0.3) is 22.0 Å². The quantitative estimate of drug-likeness (QED) is 0.435. The van der Waals surface area contributed by atoms with Gasteiger partial charge >= 0.3 is 5.97 Å². The second-order valence-electron chi connectivity index (χ2n) is 9.00.